The molecule has 11 heteroatoms. The van der Waals surface area contributed by atoms with Crippen molar-refractivity contribution in [3.8, 4) is 0 Å². The minimum absolute atomic E-state index is 0.135. The number of amides is 1. The van der Waals surface area contributed by atoms with E-state index in [1.165, 1.54) is 31.0 Å². The van der Waals surface area contributed by atoms with E-state index < -0.39 is 11.8 Å². The molecular weight excluding hydrogens is 465 g/mol. The smallest absolute Gasteiger partial charge is 0.251 e. The van der Waals surface area contributed by atoms with Gasteiger partial charge in [-0.1, -0.05) is 0 Å². The number of aromatic amines is 1. The number of ether oxygens (including phenoxy) is 3. The second-order valence-electron chi connectivity index (χ2n) is 5.27. The highest BCUT2D eigenvalue weighted by atomic mass is 127. The molecule has 2 rings (SSSR count). The average molecular weight is 483 g/mol. The van der Waals surface area contributed by atoms with Gasteiger partial charge in [-0.2, -0.15) is 0 Å². The quantitative estimate of drug-likeness (QED) is 0.444. The maximum atomic E-state index is 11.6. The van der Waals surface area contributed by atoms with Gasteiger partial charge in [0.25, 0.3) is 5.56 Å². The Morgan fingerprint density at radius 1 is 1.60 bits per heavy atom. The molecule has 0 saturated heterocycles. The maximum absolute atomic E-state index is 11.6. The lowest BCUT2D eigenvalue weighted by atomic mass is 10.0. The van der Waals surface area contributed by atoms with E-state index in [9.17, 15) is 9.59 Å². The molecule has 9 nitrogen and oxygen atoms in total. The van der Waals surface area contributed by atoms with Gasteiger partial charge in [0.1, 0.15) is 36.2 Å². The van der Waals surface area contributed by atoms with E-state index in [1.807, 2.05) is 0 Å². The largest absolute Gasteiger partial charge is 0.494 e. The van der Waals surface area contributed by atoms with Gasteiger partial charge < -0.3 is 22.6 Å². The second-order valence-corrected chi connectivity index (χ2v) is 6.28. The number of nitrogens with one attached hydrogen (secondary N) is 2. The number of halogens is 1. The molecule has 0 spiro atoms. The molecule has 2 atom stereocenters. The van der Waals surface area contributed by atoms with E-state index >= 15 is 0 Å². The van der Waals surface area contributed by atoms with Crippen LogP contribution < -0.4 is 10.9 Å². The first-order valence-electron chi connectivity index (χ1n) is 7.21. The molecule has 0 saturated carbocycles. The predicted octanol–water partition coefficient (Wildman–Crippen LogP) is 1.18. The number of likely N-dealkylation sites (N-methyl/N-ethyl adjacent to an activating group) is 1. The van der Waals surface area contributed by atoms with Crippen LogP contribution in [-0.2, 0) is 22.1 Å². The van der Waals surface area contributed by atoms with Crippen LogP contribution in [0.1, 0.15) is 13.2 Å². The fraction of sp³-hybridized carbons (Fsp3) is 0.500. The lowest BCUT2D eigenvalue weighted by Gasteiger charge is -2.32. The third-order valence-electron chi connectivity index (χ3n) is 3.70. The van der Waals surface area contributed by atoms with Crippen molar-refractivity contribution in [2.75, 3.05) is 27.4 Å². The fourth-order valence-corrected chi connectivity index (χ4v) is 3.05. The minimum atomic E-state index is -1.16. The van der Waals surface area contributed by atoms with Crippen molar-refractivity contribution in [2.24, 2.45) is 0 Å². The summed E-state index contributed by atoms with van der Waals surface area (Å²) in [5.74, 6) is 0.486. The van der Waals surface area contributed by atoms with Crippen LogP contribution in [0.15, 0.2) is 28.6 Å². The Hall–Kier alpha value is -1.44. The van der Waals surface area contributed by atoms with Crippen LogP contribution in [-0.4, -0.2) is 48.4 Å². The Morgan fingerprint density at radius 3 is 2.88 bits per heavy atom. The van der Waals surface area contributed by atoms with E-state index in [1.54, 1.807) is 29.9 Å². The first-order chi connectivity index (χ1) is 11.9. The van der Waals surface area contributed by atoms with Crippen molar-refractivity contribution in [2.45, 2.75) is 18.8 Å². The lowest BCUT2D eigenvalue weighted by Crippen LogP contribution is -2.42. The van der Waals surface area contributed by atoms with Crippen LogP contribution in [0.3, 0.4) is 0 Å². The zero-order valence-electron chi connectivity index (χ0n) is 13.8. The molecule has 1 aliphatic heterocycles. The number of H-pyrrole nitrogens is 1. The molecule has 25 heavy (non-hydrogen) atoms. The zero-order valence-corrected chi connectivity index (χ0v) is 16.8. The van der Waals surface area contributed by atoms with E-state index in [0.717, 1.165) is 0 Å². The Balaban J connectivity index is 2.48. The van der Waals surface area contributed by atoms with Gasteiger partial charge in [0, 0.05) is 19.3 Å². The molecule has 1 amide bonds. The van der Waals surface area contributed by atoms with E-state index in [0.29, 0.717) is 11.5 Å². The summed E-state index contributed by atoms with van der Waals surface area (Å²) < 4.78 is 24.0. The molecule has 2 N–H and O–H groups in total. The van der Waals surface area contributed by atoms with Crippen molar-refractivity contribution in [1.29, 1.82) is 0 Å². The number of carbonyl (C=O) groups excluding carboxylic acids is 1. The van der Waals surface area contributed by atoms with Crippen molar-refractivity contribution in [3.05, 3.63) is 38.9 Å². The molecular formula is C14H18IN3O6S. The number of carbonyl (C=O) groups is 1. The fourth-order valence-electron chi connectivity index (χ4n) is 2.51. The number of methoxy groups -OCH3 is 1. The topological polar surface area (TPSA) is 104 Å². The summed E-state index contributed by atoms with van der Waals surface area (Å²) in [4.78, 5) is 25.6. The molecule has 0 fully saturated rings. The third kappa shape index (κ3) is 4.04. The molecule has 1 unspecified atom stereocenters. The van der Waals surface area contributed by atoms with Crippen molar-refractivity contribution >= 4 is 41.1 Å². The highest BCUT2D eigenvalue weighted by molar-refractivity contribution is 14.1. The summed E-state index contributed by atoms with van der Waals surface area (Å²) in [6.45, 7) is 1.64. The van der Waals surface area contributed by atoms with E-state index in [4.69, 9.17) is 29.5 Å². The van der Waals surface area contributed by atoms with Crippen LogP contribution in [0.2, 0.25) is 0 Å². The molecule has 2 heterocycles. The van der Waals surface area contributed by atoms with Crippen LogP contribution in [0, 0.1) is 4.77 Å². The SMILES string of the molecule is CNC(=O)COC1(C)C(OC)=C(COI)O[C@H]1n1ccc(=O)[nH]c1=S. The molecule has 1 aromatic heterocycles. The maximum Gasteiger partial charge on any atom is 0.251 e. The Bertz CT molecular complexity index is 791. The van der Waals surface area contributed by atoms with Crippen molar-refractivity contribution < 1.29 is 22.1 Å². The molecule has 0 bridgehead atoms. The van der Waals surface area contributed by atoms with E-state index in [2.05, 4.69) is 10.3 Å². The minimum Gasteiger partial charge on any atom is -0.494 e. The van der Waals surface area contributed by atoms with Gasteiger partial charge in [-0.05, 0) is 19.1 Å². The molecule has 1 aliphatic rings. The Kier molecular flexibility index (Phi) is 6.59. The normalized spacial score (nSPS) is 22.6. The van der Waals surface area contributed by atoms with Crippen LogP contribution in [0.5, 0.6) is 0 Å². The number of rotatable bonds is 7. The molecule has 138 valence electrons. The summed E-state index contributed by atoms with van der Waals surface area (Å²) in [5, 5.41) is 2.49. The lowest BCUT2D eigenvalue weighted by molar-refractivity contribution is -0.145. The van der Waals surface area contributed by atoms with Crippen LogP contribution in [0.4, 0.5) is 0 Å². The standard InChI is InChI=1S/C14H18IN3O6S/c1-14(22-7-10(20)16-2)11(21-3)8(6-23-15)24-12(14)18-5-4-9(19)17-13(18)25/h4-5,12H,6-7H2,1-3H3,(H,16,20)(H,17,19,25)/t12-,14?/m1/s1. The third-order valence-corrected chi connectivity index (χ3v) is 4.33. The molecule has 0 aliphatic carbocycles. The number of aromatic nitrogens is 2. The molecule has 0 aromatic carbocycles. The highest BCUT2D eigenvalue weighted by Gasteiger charge is 2.51. The van der Waals surface area contributed by atoms with Crippen LogP contribution in [0.25, 0.3) is 0 Å². The van der Waals surface area contributed by atoms with Gasteiger partial charge in [0.2, 0.25) is 12.1 Å². The summed E-state index contributed by atoms with van der Waals surface area (Å²) in [7, 11) is 2.99. The Labute approximate surface area is 163 Å². The summed E-state index contributed by atoms with van der Waals surface area (Å²) in [6.07, 6.45) is 0.701. The van der Waals surface area contributed by atoms with E-state index in [-0.39, 0.29) is 29.5 Å². The molecule has 1 aromatic rings. The van der Waals surface area contributed by atoms with Gasteiger partial charge in [-0.15, -0.1) is 0 Å². The number of hydrogen-bond donors (Lipinski definition) is 2. The first-order valence-corrected chi connectivity index (χ1v) is 8.50. The molecule has 0 radical (unpaired) electrons. The van der Waals surface area contributed by atoms with Crippen molar-refractivity contribution in [1.82, 2.24) is 14.9 Å². The highest BCUT2D eigenvalue weighted by Crippen LogP contribution is 2.44. The predicted molar refractivity (Wildman–Crippen MR) is 98.4 cm³/mol. The van der Waals surface area contributed by atoms with Gasteiger partial charge in [0.05, 0.1) is 7.11 Å². The van der Waals surface area contributed by atoms with Crippen molar-refractivity contribution in [3.63, 3.8) is 0 Å². The monoisotopic (exact) mass is 483 g/mol. The number of nitrogens with zero attached hydrogens (tertiary/aromatic N) is 1. The van der Waals surface area contributed by atoms with Gasteiger partial charge in [-0.3, -0.25) is 19.1 Å². The second kappa shape index (κ2) is 8.29. The first kappa shape index (κ1) is 19.9. The van der Waals surface area contributed by atoms with Crippen LogP contribution >= 0.6 is 35.2 Å². The van der Waals surface area contributed by atoms with Gasteiger partial charge in [0.15, 0.2) is 21.9 Å². The zero-order chi connectivity index (χ0) is 18.6. The summed E-state index contributed by atoms with van der Waals surface area (Å²) in [6, 6.07) is 1.32. The Morgan fingerprint density at radius 2 is 2.32 bits per heavy atom. The number of hydrogen-bond acceptors (Lipinski definition) is 7. The summed E-state index contributed by atoms with van der Waals surface area (Å²) in [5.41, 5.74) is -1.50. The van der Waals surface area contributed by atoms with Gasteiger partial charge >= 0.3 is 0 Å². The van der Waals surface area contributed by atoms with Gasteiger partial charge in [-0.25, -0.2) is 0 Å². The average Bonchev–Trinajstić information content (AvgIpc) is 2.85. The summed E-state index contributed by atoms with van der Waals surface area (Å²) >= 11 is 6.95.